The molecule has 0 amide bonds. The lowest BCUT2D eigenvalue weighted by molar-refractivity contribution is 0.142. The monoisotopic (exact) mass is 247 g/mol. The predicted molar refractivity (Wildman–Crippen MR) is 75.6 cm³/mol. The van der Waals surface area contributed by atoms with Gasteiger partial charge in [0.1, 0.15) is 0 Å². The summed E-state index contributed by atoms with van der Waals surface area (Å²) in [5, 5.41) is 13.2. The number of hydrogen-bond acceptors (Lipinski definition) is 2. The van der Waals surface area contributed by atoms with E-state index >= 15 is 0 Å². The number of aliphatic hydroxyl groups excluding tert-OH is 1. The van der Waals surface area contributed by atoms with Gasteiger partial charge in [-0.05, 0) is 51.0 Å². The number of nitrogens with one attached hydrogen (secondary N) is 1. The molecular weight excluding hydrogens is 222 g/mol. The van der Waals surface area contributed by atoms with E-state index in [1.807, 2.05) is 0 Å². The minimum atomic E-state index is -0.0733. The normalized spacial score (nSPS) is 20.4. The van der Waals surface area contributed by atoms with E-state index in [0.717, 1.165) is 12.8 Å². The van der Waals surface area contributed by atoms with E-state index in [9.17, 15) is 5.11 Å². The molecule has 2 heteroatoms. The molecular formula is C16H25NO. The van der Waals surface area contributed by atoms with Crippen LogP contribution in [0.25, 0.3) is 0 Å². The van der Waals surface area contributed by atoms with E-state index in [2.05, 4.69) is 49.5 Å². The topological polar surface area (TPSA) is 32.3 Å². The van der Waals surface area contributed by atoms with Crippen molar-refractivity contribution in [3.05, 3.63) is 35.9 Å². The van der Waals surface area contributed by atoms with Gasteiger partial charge in [-0.1, -0.05) is 30.3 Å². The van der Waals surface area contributed by atoms with Crippen LogP contribution < -0.4 is 5.32 Å². The molecule has 0 saturated heterocycles. The predicted octanol–water partition coefficient (Wildman–Crippen LogP) is 2.76. The van der Waals surface area contributed by atoms with Crippen LogP contribution in [0, 0.1) is 5.92 Å². The van der Waals surface area contributed by atoms with Gasteiger partial charge in [0.15, 0.2) is 0 Å². The van der Waals surface area contributed by atoms with Crippen LogP contribution in [0.2, 0.25) is 0 Å². The Balaban J connectivity index is 1.79. The molecule has 1 aromatic carbocycles. The van der Waals surface area contributed by atoms with Crippen molar-refractivity contribution in [2.75, 3.05) is 6.61 Å². The van der Waals surface area contributed by atoms with Crippen molar-refractivity contribution in [2.45, 2.75) is 51.1 Å². The molecule has 0 spiro atoms. The first-order valence-corrected chi connectivity index (χ1v) is 7.06. The zero-order valence-corrected chi connectivity index (χ0v) is 11.5. The Morgan fingerprint density at radius 1 is 1.33 bits per heavy atom. The van der Waals surface area contributed by atoms with Crippen molar-refractivity contribution in [1.29, 1.82) is 0 Å². The van der Waals surface area contributed by atoms with Gasteiger partial charge >= 0.3 is 0 Å². The Bertz CT molecular complexity index is 361. The highest BCUT2D eigenvalue weighted by molar-refractivity contribution is 5.14. The third-order valence-corrected chi connectivity index (χ3v) is 4.09. The second-order valence-electron chi connectivity index (χ2n) is 5.92. The fourth-order valence-electron chi connectivity index (χ4n) is 2.68. The van der Waals surface area contributed by atoms with Crippen molar-refractivity contribution in [3.63, 3.8) is 0 Å². The van der Waals surface area contributed by atoms with Crippen LogP contribution in [0.15, 0.2) is 30.3 Å². The SMILES string of the molecule is CC(CCc1ccccc1)NC(C)(CO)C1CC1. The first-order valence-electron chi connectivity index (χ1n) is 7.06. The van der Waals surface area contributed by atoms with Crippen molar-refractivity contribution < 1.29 is 5.11 Å². The van der Waals surface area contributed by atoms with E-state index in [0.29, 0.717) is 12.0 Å². The maximum atomic E-state index is 9.57. The third-order valence-electron chi connectivity index (χ3n) is 4.09. The Hall–Kier alpha value is -0.860. The fourth-order valence-corrected chi connectivity index (χ4v) is 2.68. The summed E-state index contributed by atoms with van der Waals surface area (Å²) in [6.07, 6.45) is 4.73. The largest absolute Gasteiger partial charge is 0.394 e. The summed E-state index contributed by atoms with van der Waals surface area (Å²) in [7, 11) is 0. The quantitative estimate of drug-likeness (QED) is 0.776. The highest BCUT2D eigenvalue weighted by atomic mass is 16.3. The molecule has 2 unspecified atom stereocenters. The Labute approximate surface area is 110 Å². The summed E-state index contributed by atoms with van der Waals surface area (Å²) in [6.45, 7) is 4.62. The second-order valence-corrected chi connectivity index (χ2v) is 5.92. The second kappa shape index (κ2) is 5.85. The number of hydrogen-bond donors (Lipinski definition) is 2. The number of aryl methyl sites for hydroxylation is 1. The molecule has 1 fully saturated rings. The maximum absolute atomic E-state index is 9.57. The highest BCUT2D eigenvalue weighted by Gasteiger charge is 2.41. The summed E-state index contributed by atoms with van der Waals surface area (Å²) in [5.41, 5.74) is 1.32. The molecule has 0 heterocycles. The van der Waals surface area contributed by atoms with Gasteiger partial charge in [-0.25, -0.2) is 0 Å². The zero-order valence-electron chi connectivity index (χ0n) is 11.5. The molecule has 100 valence electrons. The molecule has 0 bridgehead atoms. The molecule has 2 atom stereocenters. The summed E-state index contributed by atoms with van der Waals surface area (Å²) < 4.78 is 0. The van der Waals surface area contributed by atoms with Gasteiger partial charge in [0.2, 0.25) is 0 Å². The Morgan fingerprint density at radius 3 is 2.56 bits per heavy atom. The van der Waals surface area contributed by atoms with Crippen LogP contribution in [0.4, 0.5) is 0 Å². The van der Waals surface area contributed by atoms with Crippen LogP contribution in [-0.2, 0) is 6.42 Å². The van der Waals surface area contributed by atoms with E-state index < -0.39 is 0 Å². The van der Waals surface area contributed by atoms with Gasteiger partial charge in [-0.15, -0.1) is 0 Å². The van der Waals surface area contributed by atoms with Gasteiger partial charge in [-0.3, -0.25) is 0 Å². The van der Waals surface area contributed by atoms with Gasteiger partial charge in [0.25, 0.3) is 0 Å². The minimum Gasteiger partial charge on any atom is -0.394 e. The number of aliphatic hydroxyl groups is 1. The first-order chi connectivity index (χ1) is 8.64. The third kappa shape index (κ3) is 3.56. The molecule has 2 N–H and O–H groups in total. The number of rotatable bonds is 7. The molecule has 1 aliphatic rings. The standard InChI is InChI=1S/C16H25NO/c1-13(8-9-14-6-4-3-5-7-14)17-16(2,12-18)15-10-11-15/h3-7,13,15,17-18H,8-12H2,1-2H3. The molecule has 18 heavy (non-hydrogen) atoms. The van der Waals surface area contributed by atoms with Crippen molar-refractivity contribution in [2.24, 2.45) is 5.92 Å². The Morgan fingerprint density at radius 2 is 2.00 bits per heavy atom. The van der Waals surface area contributed by atoms with Crippen LogP contribution in [0.5, 0.6) is 0 Å². The van der Waals surface area contributed by atoms with Crippen LogP contribution >= 0.6 is 0 Å². The van der Waals surface area contributed by atoms with Crippen LogP contribution in [0.3, 0.4) is 0 Å². The fraction of sp³-hybridized carbons (Fsp3) is 0.625. The first kappa shape index (κ1) is 13.6. The summed E-state index contributed by atoms with van der Waals surface area (Å²) in [6, 6.07) is 11.0. The molecule has 0 aromatic heterocycles. The van der Waals surface area contributed by atoms with Crippen molar-refractivity contribution >= 4 is 0 Å². The lowest BCUT2D eigenvalue weighted by Gasteiger charge is -2.32. The van der Waals surface area contributed by atoms with E-state index in [-0.39, 0.29) is 12.1 Å². The lowest BCUT2D eigenvalue weighted by atomic mass is 9.94. The van der Waals surface area contributed by atoms with Crippen molar-refractivity contribution in [1.82, 2.24) is 5.32 Å². The maximum Gasteiger partial charge on any atom is 0.0613 e. The zero-order chi connectivity index (χ0) is 13.0. The van der Waals surface area contributed by atoms with Gasteiger partial charge in [-0.2, -0.15) is 0 Å². The highest BCUT2D eigenvalue weighted by Crippen LogP contribution is 2.39. The average Bonchev–Trinajstić information content (AvgIpc) is 3.22. The molecule has 2 nitrogen and oxygen atoms in total. The molecule has 1 aromatic rings. The molecule has 0 aliphatic heterocycles. The van der Waals surface area contributed by atoms with Crippen LogP contribution in [-0.4, -0.2) is 23.3 Å². The summed E-state index contributed by atoms with van der Waals surface area (Å²) >= 11 is 0. The number of benzene rings is 1. The molecule has 1 aliphatic carbocycles. The lowest BCUT2D eigenvalue weighted by Crippen LogP contribution is -2.51. The minimum absolute atomic E-state index is 0.0733. The van der Waals surface area contributed by atoms with Gasteiger partial charge in [0.05, 0.1) is 6.61 Å². The van der Waals surface area contributed by atoms with Gasteiger partial charge < -0.3 is 10.4 Å². The van der Waals surface area contributed by atoms with Crippen LogP contribution in [0.1, 0.15) is 38.7 Å². The van der Waals surface area contributed by atoms with Gasteiger partial charge in [0, 0.05) is 11.6 Å². The molecule has 1 saturated carbocycles. The molecule has 2 rings (SSSR count). The summed E-state index contributed by atoms with van der Waals surface area (Å²) in [5.74, 6) is 0.668. The van der Waals surface area contributed by atoms with E-state index in [1.165, 1.54) is 18.4 Å². The Kier molecular flexibility index (Phi) is 4.41. The molecule has 0 radical (unpaired) electrons. The smallest absolute Gasteiger partial charge is 0.0613 e. The van der Waals surface area contributed by atoms with E-state index in [4.69, 9.17) is 0 Å². The van der Waals surface area contributed by atoms with E-state index in [1.54, 1.807) is 0 Å². The summed E-state index contributed by atoms with van der Waals surface area (Å²) in [4.78, 5) is 0. The average molecular weight is 247 g/mol. The van der Waals surface area contributed by atoms with Crippen molar-refractivity contribution in [3.8, 4) is 0 Å².